The first-order valence-corrected chi connectivity index (χ1v) is 8.97. The van der Waals surface area contributed by atoms with Gasteiger partial charge in [0.2, 0.25) is 0 Å². The highest BCUT2D eigenvalue weighted by Gasteiger charge is 2.16. The molecule has 1 aromatic carbocycles. The number of nitrogens with zero attached hydrogens (tertiary/aromatic N) is 2. The van der Waals surface area contributed by atoms with E-state index in [0.29, 0.717) is 5.56 Å². The first-order chi connectivity index (χ1) is 13.8. The summed E-state index contributed by atoms with van der Waals surface area (Å²) < 4.78 is 6.81. The lowest BCUT2D eigenvalue weighted by atomic mass is 10.1. The zero-order valence-corrected chi connectivity index (χ0v) is 16.2. The van der Waals surface area contributed by atoms with Crippen LogP contribution >= 0.6 is 0 Å². The van der Waals surface area contributed by atoms with Crippen molar-refractivity contribution in [3.63, 3.8) is 0 Å². The highest BCUT2D eigenvalue weighted by molar-refractivity contribution is 5.96. The number of hydrogen-bond donors (Lipinski definition) is 1. The Morgan fingerprint density at radius 3 is 2.48 bits per heavy atom. The molecule has 0 fully saturated rings. The van der Waals surface area contributed by atoms with E-state index in [1.165, 1.54) is 34.9 Å². The van der Waals surface area contributed by atoms with Gasteiger partial charge < -0.3 is 14.4 Å². The molecule has 0 saturated carbocycles. The normalized spacial score (nSPS) is 11.7. The molecule has 1 unspecified atom stereocenters. The van der Waals surface area contributed by atoms with Gasteiger partial charge in [-0.05, 0) is 56.2 Å². The van der Waals surface area contributed by atoms with Gasteiger partial charge in [0.25, 0.3) is 5.56 Å². The fourth-order valence-corrected chi connectivity index (χ4v) is 2.88. The summed E-state index contributed by atoms with van der Waals surface area (Å²) in [6.07, 6.45) is 3.27. The number of carboxylic acids is 1. The first-order valence-electron chi connectivity index (χ1n) is 8.97. The Morgan fingerprint density at radius 2 is 1.86 bits per heavy atom. The smallest absolute Gasteiger partial charge is 0.343 e. The molecule has 0 amide bonds. The van der Waals surface area contributed by atoms with Gasteiger partial charge in [-0.15, -0.1) is 0 Å². The third-order valence-corrected chi connectivity index (χ3v) is 4.67. The van der Waals surface area contributed by atoms with E-state index in [1.807, 2.05) is 26.0 Å². The Bertz CT molecular complexity index is 1130. The van der Waals surface area contributed by atoms with Crippen LogP contribution < -0.4 is 10.3 Å². The lowest BCUT2D eigenvalue weighted by molar-refractivity contribution is 0.0697. The third-order valence-electron chi connectivity index (χ3n) is 4.67. The van der Waals surface area contributed by atoms with Crippen molar-refractivity contribution >= 4 is 11.9 Å². The molecule has 0 saturated heterocycles. The number of benzene rings is 1. The Balaban J connectivity index is 1.83. The lowest BCUT2D eigenvalue weighted by Gasteiger charge is -2.16. The number of hydrogen-bond acceptors (Lipinski definition) is 5. The Morgan fingerprint density at radius 1 is 1.10 bits per heavy atom. The molecule has 3 aromatic rings. The molecule has 1 N–H and O–H groups in total. The molecule has 148 valence electrons. The van der Waals surface area contributed by atoms with Crippen LogP contribution in [0.1, 0.15) is 50.5 Å². The van der Waals surface area contributed by atoms with E-state index < -0.39 is 11.9 Å². The minimum absolute atomic E-state index is 0.0153. The van der Waals surface area contributed by atoms with Crippen LogP contribution in [0.4, 0.5) is 0 Å². The van der Waals surface area contributed by atoms with Crippen molar-refractivity contribution in [3.05, 3.63) is 93.2 Å². The van der Waals surface area contributed by atoms with E-state index in [4.69, 9.17) is 9.84 Å². The molecule has 7 heteroatoms. The maximum Gasteiger partial charge on any atom is 0.343 e. The summed E-state index contributed by atoms with van der Waals surface area (Å²) in [5.74, 6) is -1.77. The molecule has 0 spiro atoms. The van der Waals surface area contributed by atoms with Crippen LogP contribution in [0.25, 0.3) is 0 Å². The lowest BCUT2D eigenvalue weighted by Crippen LogP contribution is -2.23. The molecular weight excluding hydrogens is 372 g/mol. The number of esters is 1. The van der Waals surface area contributed by atoms with E-state index in [9.17, 15) is 14.4 Å². The van der Waals surface area contributed by atoms with Crippen LogP contribution in [-0.4, -0.2) is 26.6 Å². The van der Waals surface area contributed by atoms with E-state index in [-0.39, 0.29) is 28.5 Å². The fraction of sp³-hybridized carbons (Fsp3) is 0.182. The van der Waals surface area contributed by atoms with Crippen LogP contribution in [0, 0.1) is 13.8 Å². The van der Waals surface area contributed by atoms with Crippen LogP contribution in [0.5, 0.6) is 5.75 Å². The molecule has 29 heavy (non-hydrogen) atoms. The largest absolute Gasteiger partial charge is 0.478 e. The van der Waals surface area contributed by atoms with Gasteiger partial charge in [0.1, 0.15) is 5.75 Å². The quantitative estimate of drug-likeness (QED) is 0.669. The third kappa shape index (κ3) is 4.40. The fourth-order valence-electron chi connectivity index (χ4n) is 2.88. The second kappa shape index (κ2) is 8.10. The molecule has 0 aliphatic carbocycles. The monoisotopic (exact) mass is 392 g/mol. The summed E-state index contributed by atoms with van der Waals surface area (Å²) in [6, 6.07) is 10.5. The van der Waals surface area contributed by atoms with Gasteiger partial charge in [-0.1, -0.05) is 12.1 Å². The van der Waals surface area contributed by atoms with Crippen LogP contribution in [0.15, 0.2) is 59.7 Å². The van der Waals surface area contributed by atoms with Crippen molar-refractivity contribution in [1.29, 1.82) is 0 Å². The topological polar surface area (TPSA) is 98.5 Å². The van der Waals surface area contributed by atoms with Crippen molar-refractivity contribution in [3.8, 4) is 5.75 Å². The summed E-state index contributed by atoms with van der Waals surface area (Å²) in [6.45, 7) is 5.44. The van der Waals surface area contributed by atoms with Crippen molar-refractivity contribution in [2.75, 3.05) is 0 Å². The Labute approximate surface area is 167 Å². The second-order valence-electron chi connectivity index (χ2n) is 6.74. The molecule has 0 bridgehead atoms. The maximum absolute atomic E-state index is 12.5. The predicted octanol–water partition coefficient (Wildman–Crippen LogP) is 3.39. The number of aryl methyl sites for hydroxylation is 2. The van der Waals surface area contributed by atoms with Crippen LogP contribution in [0.3, 0.4) is 0 Å². The predicted molar refractivity (Wildman–Crippen MR) is 107 cm³/mol. The van der Waals surface area contributed by atoms with Crippen molar-refractivity contribution < 1.29 is 19.4 Å². The zero-order chi connectivity index (χ0) is 21.1. The van der Waals surface area contributed by atoms with Crippen molar-refractivity contribution in [1.82, 2.24) is 9.55 Å². The minimum atomic E-state index is -1.14. The molecule has 0 aliphatic rings. The number of carbonyl (C=O) groups is 2. The van der Waals surface area contributed by atoms with Gasteiger partial charge in [-0.2, -0.15) is 0 Å². The van der Waals surface area contributed by atoms with Crippen molar-refractivity contribution in [2.45, 2.75) is 26.8 Å². The van der Waals surface area contributed by atoms with Gasteiger partial charge in [-0.25, -0.2) is 9.59 Å². The van der Waals surface area contributed by atoms with Gasteiger partial charge in [0, 0.05) is 24.2 Å². The number of pyridine rings is 2. The summed E-state index contributed by atoms with van der Waals surface area (Å²) in [5.41, 5.74) is 2.13. The number of ether oxygens (including phenoxy) is 1. The average molecular weight is 392 g/mol. The zero-order valence-electron chi connectivity index (χ0n) is 16.2. The minimum Gasteiger partial charge on any atom is -0.478 e. The number of rotatable bonds is 5. The molecule has 2 heterocycles. The highest BCUT2D eigenvalue weighted by atomic mass is 16.5. The van der Waals surface area contributed by atoms with E-state index in [2.05, 4.69) is 4.98 Å². The summed E-state index contributed by atoms with van der Waals surface area (Å²) in [5, 5.41) is 9.10. The molecule has 0 radical (unpaired) electrons. The number of aromatic nitrogens is 2. The van der Waals surface area contributed by atoms with Gasteiger partial charge in [-0.3, -0.25) is 9.78 Å². The SMILES string of the molecule is Cc1ccc(C(C)n2ccc(OC(=O)c3cc(C(=O)O)ccc3C)cc2=O)cn1. The van der Waals surface area contributed by atoms with Crippen molar-refractivity contribution in [2.24, 2.45) is 0 Å². The van der Waals surface area contributed by atoms with E-state index in [1.54, 1.807) is 19.3 Å². The molecule has 3 rings (SSSR count). The summed E-state index contributed by atoms with van der Waals surface area (Å²) in [4.78, 5) is 40.4. The standard InChI is InChI=1S/C22H20N2O5/c1-13-4-6-16(21(26)27)10-19(13)22(28)29-18-8-9-24(20(25)11-18)15(3)17-7-5-14(2)23-12-17/h4-12,15H,1-3H3,(H,26,27). The highest BCUT2D eigenvalue weighted by Crippen LogP contribution is 2.18. The van der Waals surface area contributed by atoms with E-state index >= 15 is 0 Å². The number of carboxylic acid groups (broad SMARTS) is 1. The van der Waals surface area contributed by atoms with Gasteiger partial charge >= 0.3 is 11.9 Å². The maximum atomic E-state index is 12.5. The second-order valence-corrected chi connectivity index (χ2v) is 6.74. The Hall–Kier alpha value is -3.74. The summed E-state index contributed by atoms with van der Waals surface area (Å²) in [7, 11) is 0. The van der Waals surface area contributed by atoms with Gasteiger partial charge in [0.15, 0.2) is 0 Å². The Kier molecular flexibility index (Phi) is 5.59. The molecule has 7 nitrogen and oxygen atoms in total. The summed E-state index contributed by atoms with van der Waals surface area (Å²) >= 11 is 0. The molecule has 0 aliphatic heterocycles. The number of aromatic carboxylic acids is 1. The average Bonchev–Trinajstić information content (AvgIpc) is 2.68. The van der Waals surface area contributed by atoms with E-state index in [0.717, 1.165) is 11.3 Å². The number of carbonyl (C=O) groups excluding carboxylic acids is 1. The van der Waals surface area contributed by atoms with Crippen LogP contribution in [-0.2, 0) is 0 Å². The molecular formula is C22H20N2O5. The molecule has 2 aromatic heterocycles. The van der Waals surface area contributed by atoms with Gasteiger partial charge in [0.05, 0.1) is 17.2 Å². The molecule has 1 atom stereocenters. The van der Waals surface area contributed by atoms with Crippen LogP contribution in [0.2, 0.25) is 0 Å². The first kappa shape index (κ1) is 20.0.